The van der Waals surface area contributed by atoms with Crippen LogP contribution in [0.15, 0.2) is 30.0 Å². The Morgan fingerprint density at radius 2 is 1.40 bits per heavy atom. The third-order valence-corrected chi connectivity index (χ3v) is 3.44. The van der Waals surface area contributed by atoms with Gasteiger partial charge in [0.2, 0.25) is 5.78 Å². The fourth-order valence-electron chi connectivity index (χ4n) is 2.70. The van der Waals surface area contributed by atoms with E-state index in [0.717, 1.165) is 0 Å². The van der Waals surface area contributed by atoms with Crippen molar-refractivity contribution in [2.75, 3.05) is 0 Å². The van der Waals surface area contributed by atoms with Crippen LogP contribution < -0.4 is 0 Å². The molecule has 0 unspecified atom stereocenters. The molecule has 0 fully saturated rings. The van der Waals surface area contributed by atoms with Gasteiger partial charge in [-0.1, -0.05) is 24.3 Å². The van der Waals surface area contributed by atoms with Crippen LogP contribution in [0, 0.1) is 0 Å². The van der Waals surface area contributed by atoms with Crippen molar-refractivity contribution in [3.8, 4) is 0 Å². The molecule has 0 aromatic heterocycles. The molecule has 1 aromatic rings. The first-order valence-corrected chi connectivity index (χ1v) is 6.76. The minimum atomic E-state index is -0.636. The molecule has 1 aliphatic carbocycles. The molecule has 106 valence electrons. The maximum atomic E-state index is 12.3. The number of benzene rings is 1. The number of carbonyl (C=O) groups is 2. The van der Waals surface area contributed by atoms with Crippen molar-refractivity contribution in [3.05, 3.63) is 41.1 Å². The fraction of sp³-hybridized carbons (Fsp3) is 0.375. The van der Waals surface area contributed by atoms with Gasteiger partial charge in [0.1, 0.15) is 5.70 Å². The maximum Gasteiger partial charge on any atom is 0.253 e. The molecule has 1 aromatic carbocycles. The summed E-state index contributed by atoms with van der Waals surface area (Å²) in [6.45, 7) is 7.72. The number of nitrogens with zero attached hydrogens (tertiary/aromatic N) is 1. The number of aliphatic hydroxyl groups is 1. The fourth-order valence-corrected chi connectivity index (χ4v) is 2.70. The first kappa shape index (κ1) is 14.3. The molecular formula is C16H19NO3. The highest BCUT2D eigenvalue weighted by atomic mass is 16.3. The monoisotopic (exact) mass is 273 g/mol. The predicted molar refractivity (Wildman–Crippen MR) is 77.4 cm³/mol. The first-order chi connectivity index (χ1) is 9.36. The minimum Gasteiger partial charge on any atom is -0.505 e. The topological polar surface area (TPSA) is 57.6 Å². The van der Waals surface area contributed by atoms with Crippen molar-refractivity contribution in [1.82, 2.24) is 4.90 Å². The van der Waals surface area contributed by atoms with E-state index in [1.54, 1.807) is 29.2 Å². The Morgan fingerprint density at radius 3 is 1.90 bits per heavy atom. The summed E-state index contributed by atoms with van der Waals surface area (Å²) in [5, 5.41) is 10.4. The number of hydrogen-bond acceptors (Lipinski definition) is 4. The van der Waals surface area contributed by atoms with Crippen molar-refractivity contribution < 1.29 is 14.7 Å². The molecule has 4 heteroatoms. The van der Waals surface area contributed by atoms with Gasteiger partial charge in [-0.05, 0) is 27.7 Å². The molecular weight excluding hydrogens is 254 g/mol. The van der Waals surface area contributed by atoms with Crippen LogP contribution in [0.1, 0.15) is 43.6 Å². The number of fused-ring (bicyclic) bond motifs is 1. The van der Waals surface area contributed by atoms with Gasteiger partial charge in [0, 0.05) is 23.2 Å². The second kappa shape index (κ2) is 5.12. The lowest BCUT2D eigenvalue weighted by Crippen LogP contribution is -2.43. The van der Waals surface area contributed by atoms with Gasteiger partial charge in [0.15, 0.2) is 5.76 Å². The van der Waals surface area contributed by atoms with Crippen LogP contribution in [0.5, 0.6) is 0 Å². The summed E-state index contributed by atoms with van der Waals surface area (Å²) in [6, 6.07) is 6.67. The highest BCUT2D eigenvalue weighted by molar-refractivity contribution is 6.52. The highest BCUT2D eigenvalue weighted by Crippen LogP contribution is 2.31. The molecule has 20 heavy (non-hydrogen) atoms. The molecule has 1 aliphatic rings. The number of hydrogen-bond donors (Lipinski definition) is 1. The van der Waals surface area contributed by atoms with Gasteiger partial charge >= 0.3 is 0 Å². The Hall–Kier alpha value is -2.10. The third-order valence-electron chi connectivity index (χ3n) is 3.44. The van der Waals surface area contributed by atoms with Gasteiger partial charge in [0.25, 0.3) is 5.78 Å². The molecule has 0 heterocycles. The number of aliphatic hydroxyl groups excluding tert-OH is 1. The van der Waals surface area contributed by atoms with E-state index in [1.165, 1.54) is 0 Å². The standard InChI is InChI=1S/C16H19NO3/c1-9(2)17(10(3)4)13-14(18)11-7-5-6-8-12(11)15(19)16(13)20/h5-10,18H,1-4H3. The van der Waals surface area contributed by atoms with Gasteiger partial charge < -0.3 is 10.0 Å². The summed E-state index contributed by atoms with van der Waals surface area (Å²) in [5.74, 6) is -1.30. The number of ketones is 2. The van der Waals surface area contributed by atoms with Crippen LogP contribution in [-0.4, -0.2) is 33.7 Å². The molecule has 0 bridgehead atoms. The normalized spacial score (nSPS) is 15.1. The lowest BCUT2D eigenvalue weighted by Gasteiger charge is -2.36. The van der Waals surface area contributed by atoms with Gasteiger partial charge in [0.05, 0.1) is 0 Å². The molecule has 0 saturated carbocycles. The molecule has 0 saturated heterocycles. The molecule has 0 radical (unpaired) electrons. The van der Waals surface area contributed by atoms with Crippen LogP contribution in [0.2, 0.25) is 0 Å². The smallest absolute Gasteiger partial charge is 0.253 e. The van der Waals surface area contributed by atoms with E-state index in [2.05, 4.69) is 0 Å². The number of Topliss-reactive ketones (excluding diaryl/α,β-unsaturated/α-hetero) is 2. The van der Waals surface area contributed by atoms with Crippen LogP contribution in [0.4, 0.5) is 0 Å². The Labute approximate surface area is 118 Å². The number of carbonyl (C=O) groups excluding carboxylic acids is 2. The van der Waals surface area contributed by atoms with Crippen LogP contribution in [0.25, 0.3) is 5.76 Å². The average Bonchev–Trinajstić information content (AvgIpc) is 2.40. The van der Waals surface area contributed by atoms with Crippen molar-refractivity contribution in [1.29, 1.82) is 0 Å². The Kier molecular flexibility index (Phi) is 3.66. The van der Waals surface area contributed by atoms with E-state index >= 15 is 0 Å². The van der Waals surface area contributed by atoms with E-state index in [9.17, 15) is 14.7 Å². The lowest BCUT2D eigenvalue weighted by atomic mass is 9.90. The van der Waals surface area contributed by atoms with Gasteiger partial charge in [-0.25, -0.2) is 0 Å². The van der Waals surface area contributed by atoms with Crippen molar-refractivity contribution >= 4 is 17.3 Å². The van der Waals surface area contributed by atoms with E-state index in [1.807, 2.05) is 27.7 Å². The quantitative estimate of drug-likeness (QED) is 0.860. The second-order valence-corrected chi connectivity index (χ2v) is 5.50. The van der Waals surface area contributed by atoms with Gasteiger partial charge in [-0.3, -0.25) is 9.59 Å². The first-order valence-electron chi connectivity index (χ1n) is 6.76. The van der Waals surface area contributed by atoms with E-state index in [-0.39, 0.29) is 29.1 Å². The molecule has 2 rings (SSSR count). The summed E-state index contributed by atoms with van der Waals surface area (Å²) in [7, 11) is 0. The largest absolute Gasteiger partial charge is 0.505 e. The number of allylic oxidation sites excluding steroid dienone is 1. The Balaban J connectivity index is 2.68. The molecule has 0 atom stereocenters. The van der Waals surface area contributed by atoms with E-state index < -0.39 is 11.6 Å². The Morgan fingerprint density at radius 1 is 0.900 bits per heavy atom. The summed E-state index contributed by atoms with van der Waals surface area (Å²) >= 11 is 0. The van der Waals surface area contributed by atoms with Crippen LogP contribution >= 0.6 is 0 Å². The van der Waals surface area contributed by atoms with E-state index in [0.29, 0.717) is 5.56 Å². The van der Waals surface area contributed by atoms with Crippen molar-refractivity contribution in [2.45, 2.75) is 39.8 Å². The van der Waals surface area contributed by atoms with Crippen LogP contribution in [0.3, 0.4) is 0 Å². The summed E-state index contributed by atoms with van der Waals surface area (Å²) in [6.07, 6.45) is 0. The second-order valence-electron chi connectivity index (χ2n) is 5.50. The third kappa shape index (κ3) is 2.11. The molecule has 0 amide bonds. The SMILES string of the molecule is CC(C)N(C1=C(O)c2ccccc2C(=O)C1=O)C(C)C. The van der Waals surface area contributed by atoms with E-state index in [4.69, 9.17) is 0 Å². The Bertz CT molecular complexity index is 591. The number of rotatable bonds is 3. The lowest BCUT2D eigenvalue weighted by molar-refractivity contribution is -0.113. The summed E-state index contributed by atoms with van der Waals surface area (Å²) < 4.78 is 0. The average molecular weight is 273 g/mol. The van der Waals surface area contributed by atoms with Crippen molar-refractivity contribution in [3.63, 3.8) is 0 Å². The zero-order chi connectivity index (χ0) is 15.0. The van der Waals surface area contributed by atoms with Gasteiger partial charge in [-0.2, -0.15) is 0 Å². The highest BCUT2D eigenvalue weighted by Gasteiger charge is 2.37. The zero-order valence-electron chi connectivity index (χ0n) is 12.2. The molecule has 1 N–H and O–H groups in total. The zero-order valence-corrected chi connectivity index (χ0v) is 12.2. The predicted octanol–water partition coefficient (Wildman–Crippen LogP) is 2.80. The molecule has 0 spiro atoms. The minimum absolute atomic E-state index is 0.00848. The van der Waals surface area contributed by atoms with Crippen LogP contribution in [-0.2, 0) is 4.79 Å². The molecule has 4 nitrogen and oxygen atoms in total. The maximum absolute atomic E-state index is 12.3. The van der Waals surface area contributed by atoms with Crippen molar-refractivity contribution in [2.24, 2.45) is 0 Å². The summed E-state index contributed by atoms with van der Waals surface area (Å²) in [5.41, 5.74) is 0.809. The van der Waals surface area contributed by atoms with Gasteiger partial charge in [-0.15, -0.1) is 0 Å². The molecule has 0 aliphatic heterocycles. The summed E-state index contributed by atoms with van der Waals surface area (Å²) in [4.78, 5) is 26.3.